The number of rotatable bonds is 5. The molecule has 0 radical (unpaired) electrons. The van der Waals surface area contributed by atoms with Gasteiger partial charge in [-0.1, -0.05) is 17.7 Å². The van der Waals surface area contributed by atoms with Crippen molar-refractivity contribution in [3.8, 4) is 11.4 Å². The maximum absolute atomic E-state index is 13.4. The highest BCUT2D eigenvalue weighted by molar-refractivity contribution is 7.80. The van der Waals surface area contributed by atoms with Crippen LogP contribution in [0.5, 0.6) is 5.75 Å². The van der Waals surface area contributed by atoms with E-state index in [0.717, 1.165) is 16.3 Å². The first-order valence-corrected chi connectivity index (χ1v) is 11.2. The summed E-state index contributed by atoms with van der Waals surface area (Å²) in [7, 11) is 1.56. The minimum absolute atomic E-state index is 0.0143. The van der Waals surface area contributed by atoms with Crippen molar-refractivity contribution < 1.29 is 24.2 Å². The predicted octanol–water partition coefficient (Wildman–Crippen LogP) is 4.29. The van der Waals surface area contributed by atoms with Crippen LogP contribution >= 0.6 is 23.8 Å². The second-order valence-electron chi connectivity index (χ2n) is 7.79. The Bertz CT molecular complexity index is 1440. The molecule has 2 amide bonds. The molecule has 2 N–H and O–H groups in total. The number of methoxy groups -OCH3 is 1. The number of aryl methyl sites for hydroxylation is 1. The van der Waals surface area contributed by atoms with Crippen molar-refractivity contribution in [2.75, 3.05) is 12.0 Å². The van der Waals surface area contributed by atoms with Crippen molar-refractivity contribution in [1.82, 2.24) is 9.88 Å². The van der Waals surface area contributed by atoms with Crippen molar-refractivity contribution >= 4 is 58.5 Å². The molecule has 8 nitrogen and oxygen atoms in total. The van der Waals surface area contributed by atoms with E-state index in [0.29, 0.717) is 22.0 Å². The molecule has 4 rings (SSSR count). The molecule has 1 fully saturated rings. The number of hydrogen-bond acceptors (Lipinski definition) is 5. The van der Waals surface area contributed by atoms with Gasteiger partial charge in [0, 0.05) is 16.4 Å². The van der Waals surface area contributed by atoms with Gasteiger partial charge in [0.25, 0.3) is 11.8 Å². The quantitative estimate of drug-likeness (QED) is 0.302. The van der Waals surface area contributed by atoms with Gasteiger partial charge in [0.2, 0.25) is 0 Å². The van der Waals surface area contributed by atoms with E-state index in [1.54, 1.807) is 31.4 Å². The Labute approximate surface area is 211 Å². The standard InChI is InChI=1S/C25H20ClN3O5S/c1-13-9-16(14(2)28(13)20-12-17(26)7-8-21(20)34-3)11-19-22(30)27-25(35)29(23(19)31)18-6-4-5-15(10-18)24(32)33/h4-12H,1-3H3,(H,32,33)(H,27,30,35). The zero-order chi connectivity index (χ0) is 25.4. The van der Waals surface area contributed by atoms with E-state index in [1.807, 2.05) is 24.5 Å². The summed E-state index contributed by atoms with van der Waals surface area (Å²) in [6.45, 7) is 3.74. The van der Waals surface area contributed by atoms with Gasteiger partial charge < -0.3 is 14.4 Å². The van der Waals surface area contributed by atoms with Gasteiger partial charge in [-0.2, -0.15) is 0 Å². The third kappa shape index (κ3) is 4.43. The van der Waals surface area contributed by atoms with Gasteiger partial charge in [-0.3, -0.25) is 19.8 Å². The minimum atomic E-state index is -1.15. The van der Waals surface area contributed by atoms with Crippen LogP contribution in [0.1, 0.15) is 27.3 Å². The van der Waals surface area contributed by atoms with Crippen molar-refractivity contribution in [2.24, 2.45) is 0 Å². The molecule has 35 heavy (non-hydrogen) atoms. The SMILES string of the molecule is COc1ccc(Cl)cc1-n1c(C)cc(C=C2C(=O)NC(=S)N(c3cccc(C(=O)O)c3)C2=O)c1C. The van der Waals surface area contributed by atoms with Crippen LogP contribution in [-0.2, 0) is 9.59 Å². The minimum Gasteiger partial charge on any atom is -0.495 e. The van der Waals surface area contributed by atoms with Crippen molar-refractivity contribution in [1.29, 1.82) is 0 Å². The van der Waals surface area contributed by atoms with E-state index in [4.69, 9.17) is 28.6 Å². The molecule has 178 valence electrons. The highest BCUT2D eigenvalue weighted by atomic mass is 35.5. The van der Waals surface area contributed by atoms with Gasteiger partial charge in [-0.15, -0.1) is 0 Å². The molecule has 1 saturated heterocycles. The molecule has 0 spiro atoms. The molecule has 0 bridgehead atoms. The van der Waals surface area contributed by atoms with Crippen LogP contribution in [0.2, 0.25) is 5.02 Å². The summed E-state index contributed by atoms with van der Waals surface area (Å²) < 4.78 is 7.40. The maximum atomic E-state index is 13.4. The molecular formula is C25H20ClN3O5S. The smallest absolute Gasteiger partial charge is 0.335 e. The van der Waals surface area contributed by atoms with E-state index in [1.165, 1.54) is 24.3 Å². The molecule has 2 aromatic carbocycles. The molecule has 0 aliphatic carbocycles. The van der Waals surface area contributed by atoms with Crippen molar-refractivity contribution in [3.05, 3.63) is 81.6 Å². The highest BCUT2D eigenvalue weighted by Gasteiger charge is 2.35. The molecule has 1 aliphatic heterocycles. The number of anilines is 1. The van der Waals surface area contributed by atoms with Gasteiger partial charge >= 0.3 is 5.97 Å². The molecular weight excluding hydrogens is 490 g/mol. The van der Waals surface area contributed by atoms with Crippen LogP contribution in [0.15, 0.2) is 54.1 Å². The Morgan fingerprint density at radius 2 is 1.89 bits per heavy atom. The maximum Gasteiger partial charge on any atom is 0.335 e. The average molecular weight is 510 g/mol. The number of carboxylic acids is 1. The largest absolute Gasteiger partial charge is 0.495 e. The normalized spacial score (nSPS) is 14.9. The Balaban J connectivity index is 1.79. The van der Waals surface area contributed by atoms with Gasteiger partial charge in [-0.25, -0.2) is 4.79 Å². The number of nitrogens with one attached hydrogen (secondary N) is 1. The fourth-order valence-electron chi connectivity index (χ4n) is 3.97. The second kappa shape index (κ2) is 9.36. The Morgan fingerprint density at radius 1 is 1.14 bits per heavy atom. The third-order valence-corrected chi connectivity index (χ3v) is 6.12. The lowest BCUT2D eigenvalue weighted by molar-refractivity contribution is -0.122. The number of nitrogens with zero attached hydrogens (tertiary/aromatic N) is 2. The zero-order valence-corrected chi connectivity index (χ0v) is 20.5. The van der Waals surface area contributed by atoms with Crippen LogP contribution in [-0.4, -0.2) is 39.7 Å². The number of hydrogen-bond donors (Lipinski definition) is 2. The summed E-state index contributed by atoms with van der Waals surface area (Å²) >= 11 is 11.4. The molecule has 1 aromatic heterocycles. The predicted molar refractivity (Wildman–Crippen MR) is 136 cm³/mol. The third-order valence-electron chi connectivity index (χ3n) is 5.60. The summed E-state index contributed by atoms with van der Waals surface area (Å²) in [5.41, 5.74) is 3.02. The van der Waals surface area contributed by atoms with Crippen LogP contribution in [0, 0.1) is 13.8 Å². The fourth-order valence-corrected chi connectivity index (χ4v) is 4.42. The number of carboxylic acid groups (broad SMARTS) is 1. The second-order valence-corrected chi connectivity index (χ2v) is 8.61. The zero-order valence-electron chi connectivity index (χ0n) is 19.0. The Hall–Kier alpha value is -3.95. The highest BCUT2D eigenvalue weighted by Crippen LogP contribution is 2.32. The van der Waals surface area contributed by atoms with E-state index < -0.39 is 17.8 Å². The van der Waals surface area contributed by atoms with Crippen LogP contribution in [0.3, 0.4) is 0 Å². The number of aromatic nitrogens is 1. The van der Waals surface area contributed by atoms with Crippen LogP contribution < -0.4 is 15.0 Å². The van der Waals surface area contributed by atoms with Gasteiger partial charge in [-0.05, 0) is 80.2 Å². The lowest BCUT2D eigenvalue weighted by Gasteiger charge is -2.29. The summed E-state index contributed by atoms with van der Waals surface area (Å²) in [6.07, 6.45) is 1.49. The van der Waals surface area contributed by atoms with Gasteiger partial charge in [0.05, 0.1) is 24.0 Å². The summed E-state index contributed by atoms with van der Waals surface area (Å²) in [5.74, 6) is -1.84. The number of amides is 2. The number of thiocarbonyl (C=S) groups is 1. The summed E-state index contributed by atoms with van der Waals surface area (Å²) in [4.78, 5) is 38.6. The topological polar surface area (TPSA) is 101 Å². The van der Waals surface area contributed by atoms with E-state index in [2.05, 4.69) is 5.32 Å². The molecule has 0 unspecified atom stereocenters. The van der Waals surface area contributed by atoms with E-state index in [-0.39, 0.29) is 21.9 Å². The summed E-state index contributed by atoms with van der Waals surface area (Å²) in [5, 5.41) is 12.2. The molecule has 1 aliphatic rings. The first-order valence-electron chi connectivity index (χ1n) is 10.4. The van der Waals surface area contributed by atoms with Gasteiger partial charge in [0.1, 0.15) is 11.3 Å². The number of benzene rings is 2. The van der Waals surface area contributed by atoms with Gasteiger partial charge in [0.15, 0.2) is 5.11 Å². The molecule has 2 heterocycles. The molecule has 3 aromatic rings. The molecule has 0 atom stereocenters. The number of halogens is 1. The molecule has 0 saturated carbocycles. The lowest BCUT2D eigenvalue weighted by atomic mass is 10.1. The van der Waals surface area contributed by atoms with Crippen molar-refractivity contribution in [2.45, 2.75) is 13.8 Å². The van der Waals surface area contributed by atoms with Crippen LogP contribution in [0.25, 0.3) is 11.8 Å². The van der Waals surface area contributed by atoms with Crippen LogP contribution in [0.4, 0.5) is 5.69 Å². The first kappa shape index (κ1) is 24.2. The van der Waals surface area contributed by atoms with E-state index in [9.17, 15) is 19.5 Å². The lowest BCUT2D eigenvalue weighted by Crippen LogP contribution is -2.54. The number of ether oxygens (including phenoxy) is 1. The summed E-state index contributed by atoms with van der Waals surface area (Å²) in [6, 6.07) is 12.9. The average Bonchev–Trinajstić information content (AvgIpc) is 3.09. The Kier molecular flexibility index (Phi) is 6.47. The van der Waals surface area contributed by atoms with Crippen molar-refractivity contribution in [3.63, 3.8) is 0 Å². The first-order chi connectivity index (χ1) is 16.6. The number of carbonyl (C=O) groups excluding carboxylic acids is 2. The molecule has 10 heteroatoms. The monoisotopic (exact) mass is 509 g/mol. The fraction of sp³-hybridized carbons (Fsp3) is 0.120. The Morgan fingerprint density at radius 3 is 2.57 bits per heavy atom. The number of aromatic carboxylic acids is 1. The van der Waals surface area contributed by atoms with E-state index >= 15 is 0 Å². The number of carbonyl (C=O) groups is 3.